The van der Waals surface area contributed by atoms with Gasteiger partial charge in [-0.3, -0.25) is 0 Å². The van der Waals surface area contributed by atoms with Crippen molar-refractivity contribution in [3.05, 3.63) is 94.0 Å². The minimum Gasteiger partial charge on any atom is -0.489 e. The number of ether oxygens (including phenoxy) is 1. The lowest BCUT2D eigenvalue weighted by atomic mass is 10.1. The molecule has 0 aliphatic rings. The number of tetrazole rings is 1. The van der Waals surface area contributed by atoms with Crippen molar-refractivity contribution in [2.45, 2.75) is 13.2 Å². The first kappa shape index (κ1) is 18.5. The number of aromatic nitrogens is 4. The van der Waals surface area contributed by atoms with Crippen LogP contribution in [0, 0.1) is 0 Å². The van der Waals surface area contributed by atoms with Gasteiger partial charge in [-0.05, 0) is 45.8 Å². The second-order valence-corrected chi connectivity index (χ2v) is 6.92. The molecule has 28 heavy (non-hydrogen) atoms. The highest BCUT2D eigenvalue weighted by molar-refractivity contribution is 6.43. The van der Waals surface area contributed by atoms with Crippen molar-refractivity contribution in [2.24, 2.45) is 0 Å². The number of halogens is 2. The average molecular weight is 411 g/mol. The summed E-state index contributed by atoms with van der Waals surface area (Å²) in [5.74, 6) is 1.39. The van der Waals surface area contributed by atoms with Gasteiger partial charge in [-0.2, -0.15) is 0 Å². The van der Waals surface area contributed by atoms with Gasteiger partial charge in [-0.15, -0.1) is 5.10 Å². The standard InChI is InChI=1S/C21H16Cl2N4O/c22-19-12-6-11-18(20(19)23)21-24-25-26-27(21)13-15-7-4-5-8-16(15)14-28-17-9-2-1-3-10-17/h1-12H,13-14H2. The number of rotatable bonds is 6. The highest BCUT2D eigenvalue weighted by atomic mass is 35.5. The van der Waals surface area contributed by atoms with E-state index in [0.29, 0.717) is 34.6 Å². The van der Waals surface area contributed by atoms with E-state index in [0.717, 1.165) is 16.9 Å². The van der Waals surface area contributed by atoms with Gasteiger partial charge in [0, 0.05) is 5.56 Å². The lowest BCUT2D eigenvalue weighted by Gasteiger charge is -2.12. The van der Waals surface area contributed by atoms with Crippen molar-refractivity contribution in [1.82, 2.24) is 20.2 Å². The predicted molar refractivity (Wildman–Crippen MR) is 110 cm³/mol. The summed E-state index contributed by atoms with van der Waals surface area (Å²) in [6.07, 6.45) is 0. The molecule has 0 saturated heterocycles. The highest BCUT2D eigenvalue weighted by Gasteiger charge is 2.15. The Labute approximate surface area is 172 Å². The fourth-order valence-electron chi connectivity index (χ4n) is 2.87. The number of hydrogen-bond donors (Lipinski definition) is 0. The Morgan fingerprint density at radius 1 is 0.821 bits per heavy atom. The molecular formula is C21H16Cl2N4O. The highest BCUT2D eigenvalue weighted by Crippen LogP contribution is 2.32. The van der Waals surface area contributed by atoms with E-state index in [-0.39, 0.29) is 0 Å². The summed E-state index contributed by atoms with van der Waals surface area (Å²) >= 11 is 12.5. The minimum atomic E-state index is 0.431. The lowest BCUT2D eigenvalue weighted by Crippen LogP contribution is -2.08. The molecule has 0 aliphatic heterocycles. The first-order valence-corrected chi connectivity index (χ1v) is 9.43. The Hall–Kier alpha value is -2.89. The molecule has 0 aliphatic carbocycles. The summed E-state index contributed by atoms with van der Waals surface area (Å²) in [5, 5.41) is 13.0. The van der Waals surface area contributed by atoms with Crippen LogP contribution in [0.4, 0.5) is 0 Å². The van der Waals surface area contributed by atoms with Crippen LogP contribution >= 0.6 is 23.2 Å². The molecule has 0 radical (unpaired) electrons. The molecule has 0 amide bonds. The lowest BCUT2D eigenvalue weighted by molar-refractivity contribution is 0.304. The molecule has 7 heteroatoms. The largest absolute Gasteiger partial charge is 0.489 e. The normalized spacial score (nSPS) is 10.8. The molecule has 0 atom stereocenters. The fourth-order valence-corrected chi connectivity index (χ4v) is 3.26. The summed E-state index contributed by atoms with van der Waals surface area (Å²) < 4.78 is 7.61. The predicted octanol–water partition coefficient (Wildman–Crippen LogP) is 5.27. The van der Waals surface area contributed by atoms with Crippen LogP contribution in [0.3, 0.4) is 0 Å². The molecule has 5 nitrogen and oxygen atoms in total. The average Bonchev–Trinajstić information content (AvgIpc) is 3.18. The summed E-state index contributed by atoms with van der Waals surface area (Å²) in [6, 6.07) is 23.2. The minimum absolute atomic E-state index is 0.431. The smallest absolute Gasteiger partial charge is 0.183 e. The van der Waals surface area contributed by atoms with E-state index < -0.39 is 0 Å². The van der Waals surface area contributed by atoms with Crippen LogP contribution < -0.4 is 4.74 Å². The van der Waals surface area contributed by atoms with Gasteiger partial charge in [0.05, 0.1) is 16.6 Å². The van der Waals surface area contributed by atoms with Crippen molar-refractivity contribution in [2.75, 3.05) is 0 Å². The molecule has 1 aromatic heterocycles. The molecule has 4 rings (SSSR count). The van der Waals surface area contributed by atoms with Gasteiger partial charge in [0.25, 0.3) is 0 Å². The SMILES string of the molecule is Clc1cccc(-c2nnnn2Cc2ccccc2COc2ccccc2)c1Cl. The van der Waals surface area contributed by atoms with Gasteiger partial charge < -0.3 is 4.74 Å². The van der Waals surface area contributed by atoms with Crippen molar-refractivity contribution in [1.29, 1.82) is 0 Å². The van der Waals surface area contributed by atoms with E-state index in [4.69, 9.17) is 27.9 Å². The molecule has 3 aromatic carbocycles. The van der Waals surface area contributed by atoms with Crippen LogP contribution in [0.5, 0.6) is 5.75 Å². The van der Waals surface area contributed by atoms with Crippen LogP contribution in [0.25, 0.3) is 11.4 Å². The summed E-state index contributed by atoms with van der Waals surface area (Å²) in [6.45, 7) is 0.940. The van der Waals surface area contributed by atoms with Crippen LogP contribution in [0.15, 0.2) is 72.8 Å². The van der Waals surface area contributed by atoms with Gasteiger partial charge in [-0.1, -0.05) is 71.7 Å². The van der Waals surface area contributed by atoms with E-state index in [9.17, 15) is 0 Å². The van der Waals surface area contributed by atoms with E-state index in [2.05, 4.69) is 15.5 Å². The molecular weight excluding hydrogens is 395 g/mol. The molecule has 0 spiro atoms. The quantitative estimate of drug-likeness (QED) is 0.434. The molecule has 0 bridgehead atoms. The first-order valence-electron chi connectivity index (χ1n) is 8.67. The van der Waals surface area contributed by atoms with E-state index in [1.54, 1.807) is 10.7 Å². The molecule has 0 fully saturated rings. The Bertz CT molecular complexity index is 1080. The zero-order valence-corrected chi connectivity index (χ0v) is 16.3. The van der Waals surface area contributed by atoms with Gasteiger partial charge in [0.2, 0.25) is 0 Å². The van der Waals surface area contributed by atoms with Crippen LogP contribution in [0.1, 0.15) is 11.1 Å². The van der Waals surface area contributed by atoms with Crippen LogP contribution in [0.2, 0.25) is 10.0 Å². The molecule has 0 unspecified atom stereocenters. The Morgan fingerprint density at radius 3 is 2.39 bits per heavy atom. The zero-order chi connectivity index (χ0) is 19.3. The maximum absolute atomic E-state index is 6.35. The third-order valence-corrected chi connectivity index (χ3v) is 5.12. The van der Waals surface area contributed by atoms with E-state index in [1.807, 2.05) is 66.7 Å². The number of nitrogens with zero attached hydrogens (tertiary/aromatic N) is 4. The molecule has 140 valence electrons. The van der Waals surface area contributed by atoms with Gasteiger partial charge >= 0.3 is 0 Å². The monoisotopic (exact) mass is 410 g/mol. The second kappa shape index (κ2) is 8.42. The Morgan fingerprint density at radius 2 is 1.57 bits per heavy atom. The second-order valence-electron chi connectivity index (χ2n) is 6.13. The van der Waals surface area contributed by atoms with Crippen molar-refractivity contribution < 1.29 is 4.74 Å². The van der Waals surface area contributed by atoms with E-state index in [1.165, 1.54) is 0 Å². The molecule has 1 heterocycles. The van der Waals surface area contributed by atoms with Crippen LogP contribution in [-0.4, -0.2) is 20.2 Å². The summed E-state index contributed by atoms with van der Waals surface area (Å²) in [4.78, 5) is 0. The van der Waals surface area contributed by atoms with Crippen molar-refractivity contribution in [3.8, 4) is 17.1 Å². The molecule has 4 aromatic rings. The van der Waals surface area contributed by atoms with Gasteiger partial charge in [-0.25, -0.2) is 4.68 Å². The number of para-hydroxylation sites is 1. The topological polar surface area (TPSA) is 52.8 Å². The molecule has 0 N–H and O–H groups in total. The summed E-state index contributed by atoms with van der Waals surface area (Å²) in [7, 11) is 0. The summed E-state index contributed by atoms with van der Waals surface area (Å²) in [5.41, 5.74) is 2.81. The van der Waals surface area contributed by atoms with Crippen molar-refractivity contribution >= 4 is 23.2 Å². The van der Waals surface area contributed by atoms with Crippen LogP contribution in [-0.2, 0) is 13.2 Å². The number of benzene rings is 3. The maximum atomic E-state index is 6.35. The van der Waals surface area contributed by atoms with Crippen molar-refractivity contribution in [3.63, 3.8) is 0 Å². The van der Waals surface area contributed by atoms with Gasteiger partial charge in [0.1, 0.15) is 12.4 Å². The third kappa shape index (κ3) is 4.01. The third-order valence-electron chi connectivity index (χ3n) is 4.30. The van der Waals surface area contributed by atoms with E-state index >= 15 is 0 Å². The van der Waals surface area contributed by atoms with Gasteiger partial charge in [0.15, 0.2) is 5.82 Å². The zero-order valence-electron chi connectivity index (χ0n) is 14.8. The maximum Gasteiger partial charge on any atom is 0.183 e. The Kier molecular flexibility index (Phi) is 5.55. The number of hydrogen-bond acceptors (Lipinski definition) is 4. The molecule has 0 saturated carbocycles. The first-order chi connectivity index (χ1) is 13.7. The Balaban J connectivity index is 1.59. The fraction of sp³-hybridized carbons (Fsp3) is 0.0952.